The van der Waals surface area contributed by atoms with Gasteiger partial charge in [0.1, 0.15) is 0 Å². The van der Waals surface area contributed by atoms with Crippen LogP contribution >= 0.6 is 7.92 Å². The minimum absolute atomic E-state index is 0.0355. The molecule has 20 heavy (non-hydrogen) atoms. The highest BCUT2D eigenvalue weighted by Gasteiger charge is 2.27. The predicted molar refractivity (Wildman–Crippen MR) is 76.3 cm³/mol. The van der Waals surface area contributed by atoms with Crippen molar-refractivity contribution in [2.24, 2.45) is 5.92 Å². The summed E-state index contributed by atoms with van der Waals surface area (Å²) in [7, 11) is 0.980. The average molecular weight is 297 g/mol. The van der Waals surface area contributed by atoms with E-state index in [1.165, 1.54) is 13.2 Å². The zero-order valence-corrected chi connectivity index (χ0v) is 12.0. The molecule has 1 aliphatic rings. The molecule has 6 nitrogen and oxygen atoms in total. The van der Waals surface area contributed by atoms with Gasteiger partial charge in [0.25, 0.3) is 0 Å². The number of ether oxygens (including phenoxy) is 1. The molecule has 0 atom stereocenters. The van der Waals surface area contributed by atoms with Gasteiger partial charge in [-0.25, -0.2) is 0 Å². The summed E-state index contributed by atoms with van der Waals surface area (Å²) < 4.78 is 5.07. The molecule has 0 amide bonds. The first kappa shape index (κ1) is 14.7. The maximum absolute atomic E-state index is 10.9. The Morgan fingerprint density at radius 1 is 1.45 bits per heavy atom. The zero-order valence-electron chi connectivity index (χ0n) is 11.1. The van der Waals surface area contributed by atoms with E-state index in [0.29, 0.717) is 12.8 Å². The van der Waals surface area contributed by atoms with Gasteiger partial charge in [-0.05, 0) is 42.6 Å². The molecule has 7 heteroatoms. The number of aliphatic carboxylic acids is 1. The minimum Gasteiger partial charge on any atom is -0.490 e. The number of hydrogen-bond acceptors (Lipinski definition) is 4. The largest absolute Gasteiger partial charge is 0.490 e. The molecular weight excluding hydrogens is 281 g/mol. The summed E-state index contributed by atoms with van der Waals surface area (Å²) in [5.41, 5.74) is -0.0355. The third-order valence-electron chi connectivity index (χ3n) is 3.57. The molecule has 108 valence electrons. The van der Waals surface area contributed by atoms with Crippen molar-refractivity contribution < 1.29 is 19.6 Å². The van der Waals surface area contributed by atoms with Crippen LogP contribution in [0.4, 0.5) is 5.69 Å². The Balaban J connectivity index is 2.14. The number of nitrogens with zero attached hydrogens (tertiary/aromatic N) is 1. The fourth-order valence-electron chi connectivity index (χ4n) is 2.40. The third kappa shape index (κ3) is 3.07. The summed E-state index contributed by atoms with van der Waals surface area (Å²) in [5, 5.41) is 20.9. The number of nitro groups is 1. The van der Waals surface area contributed by atoms with Crippen LogP contribution in [0.1, 0.15) is 12.8 Å². The van der Waals surface area contributed by atoms with Crippen molar-refractivity contribution in [2.75, 3.05) is 19.4 Å². The number of carbonyl (C=O) groups is 1. The van der Waals surface area contributed by atoms with E-state index in [1.807, 2.05) is 0 Å². The zero-order chi connectivity index (χ0) is 14.7. The van der Waals surface area contributed by atoms with Gasteiger partial charge in [-0.1, -0.05) is 7.92 Å². The highest BCUT2D eigenvalue weighted by Crippen LogP contribution is 2.44. The lowest BCUT2D eigenvalue weighted by atomic mass is 10.0. The number of nitro benzene ring substituents is 1. The van der Waals surface area contributed by atoms with Crippen molar-refractivity contribution in [2.45, 2.75) is 12.8 Å². The normalized spacial score (nSPS) is 22.2. The number of hydrogen-bond donors (Lipinski definition) is 1. The van der Waals surface area contributed by atoms with Crippen LogP contribution in [0.5, 0.6) is 5.75 Å². The van der Waals surface area contributed by atoms with E-state index >= 15 is 0 Å². The molecule has 0 aromatic heterocycles. The van der Waals surface area contributed by atoms with Gasteiger partial charge in [0.15, 0.2) is 5.75 Å². The van der Waals surface area contributed by atoms with E-state index in [-0.39, 0.29) is 17.4 Å². The monoisotopic (exact) mass is 297 g/mol. The van der Waals surface area contributed by atoms with Gasteiger partial charge in [-0.15, -0.1) is 0 Å². The fraction of sp³-hybridized carbons (Fsp3) is 0.462. The van der Waals surface area contributed by atoms with Crippen molar-refractivity contribution >= 4 is 24.9 Å². The maximum Gasteiger partial charge on any atom is 0.310 e. The predicted octanol–water partition coefficient (Wildman–Crippen LogP) is 2.21. The van der Waals surface area contributed by atoms with Gasteiger partial charge in [-0.2, -0.15) is 0 Å². The molecule has 0 radical (unpaired) electrons. The Morgan fingerprint density at radius 2 is 2.10 bits per heavy atom. The molecule has 0 bridgehead atoms. The van der Waals surface area contributed by atoms with Gasteiger partial charge in [0, 0.05) is 6.07 Å². The van der Waals surface area contributed by atoms with E-state index in [4.69, 9.17) is 9.84 Å². The van der Waals surface area contributed by atoms with Crippen molar-refractivity contribution in [3.63, 3.8) is 0 Å². The van der Waals surface area contributed by atoms with Crippen molar-refractivity contribution in [3.05, 3.63) is 28.3 Å². The molecule has 0 unspecified atom stereocenters. The van der Waals surface area contributed by atoms with E-state index in [9.17, 15) is 14.9 Å². The first-order chi connectivity index (χ1) is 9.52. The molecule has 0 saturated carbocycles. The number of carboxylic acids is 1. The molecule has 1 fully saturated rings. The second-order valence-corrected chi connectivity index (χ2v) is 7.20. The number of rotatable bonds is 4. The Kier molecular flexibility index (Phi) is 4.55. The third-order valence-corrected chi connectivity index (χ3v) is 6.17. The molecule has 2 rings (SSSR count). The van der Waals surface area contributed by atoms with E-state index in [1.54, 1.807) is 12.1 Å². The SMILES string of the molecule is COc1cc(P2CCC(C(=O)O)CC2)ccc1[N+](=O)[O-]. The second-order valence-electron chi connectivity index (χ2n) is 4.71. The number of benzene rings is 1. The summed E-state index contributed by atoms with van der Waals surface area (Å²) in [6, 6.07) is 4.97. The van der Waals surface area contributed by atoms with Crippen LogP contribution in [0.2, 0.25) is 0 Å². The molecule has 0 spiro atoms. The molecule has 1 aromatic carbocycles. The smallest absolute Gasteiger partial charge is 0.310 e. The van der Waals surface area contributed by atoms with Gasteiger partial charge < -0.3 is 9.84 Å². The van der Waals surface area contributed by atoms with Crippen molar-refractivity contribution in [3.8, 4) is 5.75 Å². The van der Waals surface area contributed by atoms with E-state index in [0.717, 1.165) is 17.6 Å². The first-order valence-electron chi connectivity index (χ1n) is 6.33. The highest BCUT2D eigenvalue weighted by molar-refractivity contribution is 7.65. The van der Waals surface area contributed by atoms with E-state index in [2.05, 4.69) is 0 Å². The van der Waals surface area contributed by atoms with Crippen LogP contribution in [0.3, 0.4) is 0 Å². The summed E-state index contributed by atoms with van der Waals surface area (Å²) >= 11 is 0. The molecule has 1 N–H and O–H groups in total. The van der Waals surface area contributed by atoms with Gasteiger partial charge >= 0.3 is 11.7 Å². The van der Waals surface area contributed by atoms with Crippen molar-refractivity contribution in [1.29, 1.82) is 0 Å². The lowest BCUT2D eigenvalue weighted by Crippen LogP contribution is -2.23. The number of carboxylic acid groups (broad SMARTS) is 1. The Morgan fingerprint density at radius 3 is 2.60 bits per heavy atom. The fourth-order valence-corrected chi connectivity index (χ4v) is 4.97. The molecule has 1 aliphatic heterocycles. The standard InChI is InChI=1S/C13H16NO5P/c1-19-12-8-10(2-3-11(12)14(17)18)20-6-4-9(5-7-20)13(15)16/h2-3,8-9H,4-7H2,1H3,(H,15,16). The van der Waals surface area contributed by atoms with Crippen LogP contribution in [-0.4, -0.2) is 35.4 Å². The Labute approximate surface area is 117 Å². The van der Waals surface area contributed by atoms with Crippen LogP contribution in [0.15, 0.2) is 18.2 Å². The lowest BCUT2D eigenvalue weighted by molar-refractivity contribution is -0.385. The van der Waals surface area contributed by atoms with Crippen LogP contribution in [0.25, 0.3) is 0 Å². The van der Waals surface area contributed by atoms with Crippen LogP contribution < -0.4 is 10.0 Å². The summed E-state index contributed by atoms with van der Waals surface area (Å²) in [6.45, 7) is 0. The maximum atomic E-state index is 10.9. The molecule has 0 aliphatic carbocycles. The molecule has 1 saturated heterocycles. The molecular formula is C13H16NO5P. The summed E-state index contributed by atoms with van der Waals surface area (Å²) in [5.74, 6) is -0.690. The summed E-state index contributed by atoms with van der Waals surface area (Å²) in [4.78, 5) is 21.3. The van der Waals surface area contributed by atoms with Gasteiger partial charge in [0.2, 0.25) is 0 Å². The highest BCUT2D eigenvalue weighted by atomic mass is 31.1. The van der Waals surface area contributed by atoms with Crippen LogP contribution in [0, 0.1) is 16.0 Å². The Hall–Kier alpha value is -1.68. The van der Waals surface area contributed by atoms with E-state index < -0.39 is 18.8 Å². The van der Waals surface area contributed by atoms with Crippen molar-refractivity contribution in [1.82, 2.24) is 0 Å². The molecule has 1 aromatic rings. The Bertz CT molecular complexity index is 525. The van der Waals surface area contributed by atoms with Crippen LogP contribution in [-0.2, 0) is 4.79 Å². The quantitative estimate of drug-likeness (QED) is 0.523. The lowest BCUT2D eigenvalue weighted by Gasteiger charge is -2.27. The summed E-state index contributed by atoms with van der Waals surface area (Å²) in [6.07, 6.45) is 3.07. The van der Waals surface area contributed by atoms with Gasteiger partial charge in [0.05, 0.1) is 18.0 Å². The average Bonchev–Trinajstić information content (AvgIpc) is 2.46. The minimum atomic E-state index is -0.721. The molecule has 1 heterocycles. The topological polar surface area (TPSA) is 89.7 Å². The first-order valence-corrected chi connectivity index (χ1v) is 8.04. The van der Waals surface area contributed by atoms with Gasteiger partial charge in [-0.3, -0.25) is 14.9 Å². The second kappa shape index (κ2) is 6.18. The number of methoxy groups -OCH3 is 1.